The van der Waals surface area contributed by atoms with Gasteiger partial charge in [0.15, 0.2) is 0 Å². The van der Waals surface area contributed by atoms with Crippen LogP contribution in [0.15, 0.2) is 48.5 Å². The summed E-state index contributed by atoms with van der Waals surface area (Å²) in [6.45, 7) is 2.11. The number of ether oxygens (including phenoxy) is 1. The standard InChI is InChI=1S/C20H20F2O2S2/c1-2-3-14-4-6-16(7-5-14)19(23)24-18-10-8-15(9-11-18)17-12-25-20(21,22)26-13-17/h4-11,17H,2-3,12-13H2,1H3. The first-order valence-electron chi connectivity index (χ1n) is 8.53. The van der Waals surface area contributed by atoms with Crippen molar-refractivity contribution in [2.45, 2.75) is 30.3 Å². The number of alkyl halides is 2. The van der Waals surface area contributed by atoms with Crippen molar-refractivity contribution in [3.8, 4) is 5.75 Å². The third kappa shape index (κ3) is 5.01. The van der Waals surface area contributed by atoms with E-state index in [0.29, 0.717) is 46.3 Å². The van der Waals surface area contributed by atoms with Crippen molar-refractivity contribution < 1.29 is 18.3 Å². The molecule has 0 amide bonds. The molecule has 6 heteroatoms. The second-order valence-electron chi connectivity index (χ2n) is 6.19. The van der Waals surface area contributed by atoms with E-state index in [1.54, 1.807) is 24.3 Å². The Morgan fingerprint density at radius 2 is 1.69 bits per heavy atom. The van der Waals surface area contributed by atoms with Crippen LogP contribution in [-0.2, 0) is 6.42 Å². The topological polar surface area (TPSA) is 26.3 Å². The predicted octanol–water partition coefficient (Wildman–Crippen LogP) is 5.97. The number of rotatable bonds is 5. The van der Waals surface area contributed by atoms with Gasteiger partial charge in [-0.25, -0.2) is 4.79 Å². The van der Waals surface area contributed by atoms with Crippen molar-refractivity contribution in [3.05, 3.63) is 65.2 Å². The normalized spacial score (nSPS) is 17.0. The smallest absolute Gasteiger partial charge is 0.343 e. The molecule has 2 nitrogen and oxygen atoms in total. The fourth-order valence-corrected chi connectivity index (χ4v) is 5.05. The van der Waals surface area contributed by atoms with Gasteiger partial charge in [-0.05, 0) is 41.8 Å². The van der Waals surface area contributed by atoms with E-state index in [4.69, 9.17) is 4.74 Å². The molecule has 3 rings (SSSR count). The highest BCUT2D eigenvalue weighted by atomic mass is 32.2. The van der Waals surface area contributed by atoms with Crippen LogP contribution >= 0.6 is 23.5 Å². The lowest BCUT2D eigenvalue weighted by atomic mass is 10.0. The van der Waals surface area contributed by atoms with Crippen LogP contribution in [0.5, 0.6) is 5.75 Å². The Morgan fingerprint density at radius 3 is 2.27 bits per heavy atom. The van der Waals surface area contributed by atoms with Crippen LogP contribution in [-0.4, -0.2) is 22.1 Å². The minimum absolute atomic E-state index is 0.0838. The fraction of sp³-hybridized carbons (Fsp3) is 0.350. The molecule has 1 saturated heterocycles. The molecule has 1 aliphatic heterocycles. The van der Waals surface area contributed by atoms with E-state index in [2.05, 4.69) is 6.92 Å². The average Bonchev–Trinajstić information content (AvgIpc) is 2.63. The summed E-state index contributed by atoms with van der Waals surface area (Å²) in [6, 6.07) is 14.6. The monoisotopic (exact) mass is 394 g/mol. The molecule has 1 fully saturated rings. The molecule has 0 aromatic heterocycles. The van der Waals surface area contributed by atoms with Gasteiger partial charge in [0, 0.05) is 17.4 Å². The van der Waals surface area contributed by atoms with E-state index in [1.165, 1.54) is 5.56 Å². The number of esters is 1. The number of aryl methyl sites for hydroxylation is 1. The maximum absolute atomic E-state index is 13.2. The first-order valence-corrected chi connectivity index (χ1v) is 10.5. The largest absolute Gasteiger partial charge is 0.423 e. The Morgan fingerprint density at radius 1 is 1.08 bits per heavy atom. The summed E-state index contributed by atoms with van der Waals surface area (Å²) in [5.74, 6) is 0.925. The highest BCUT2D eigenvalue weighted by Gasteiger charge is 2.37. The van der Waals surface area contributed by atoms with Crippen molar-refractivity contribution in [2.75, 3.05) is 11.5 Å². The van der Waals surface area contributed by atoms with E-state index in [1.807, 2.05) is 24.3 Å². The molecular formula is C20H20F2O2S2. The predicted molar refractivity (Wildman–Crippen MR) is 104 cm³/mol. The maximum Gasteiger partial charge on any atom is 0.343 e. The molecule has 26 heavy (non-hydrogen) atoms. The van der Waals surface area contributed by atoms with Gasteiger partial charge in [0.1, 0.15) is 5.75 Å². The highest BCUT2D eigenvalue weighted by molar-refractivity contribution is 8.18. The third-order valence-electron chi connectivity index (χ3n) is 4.20. The minimum atomic E-state index is -2.68. The zero-order valence-corrected chi connectivity index (χ0v) is 16.0. The summed E-state index contributed by atoms with van der Waals surface area (Å²) < 4.78 is 29.1. The maximum atomic E-state index is 13.2. The van der Waals surface area contributed by atoms with Crippen LogP contribution in [0.3, 0.4) is 0 Å². The molecule has 0 radical (unpaired) electrons. The molecule has 1 heterocycles. The molecule has 1 aliphatic rings. The molecule has 0 bridgehead atoms. The SMILES string of the molecule is CCCc1ccc(C(=O)Oc2ccc(C3CSC(F)(F)SC3)cc2)cc1. The number of hydrogen-bond donors (Lipinski definition) is 0. The minimum Gasteiger partial charge on any atom is -0.423 e. The third-order valence-corrected chi connectivity index (χ3v) is 6.71. The number of halogens is 2. The van der Waals surface area contributed by atoms with Gasteiger partial charge in [-0.3, -0.25) is 0 Å². The van der Waals surface area contributed by atoms with E-state index in [0.717, 1.165) is 18.4 Å². The van der Waals surface area contributed by atoms with Gasteiger partial charge in [-0.2, -0.15) is 8.78 Å². The van der Waals surface area contributed by atoms with E-state index < -0.39 is 10.6 Å². The molecule has 0 N–H and O–H groups in total. The van der Waals surface area contributed by atoms with Crippen molar-refractivity contribution >= 4 is 29.5 Å². The second kappa shape index (κ2) is 8.44. The van der Waals surface area contributed by atoms with Crippen molar-refractivity contribution in [1.82, 2.24) is 0 Å². The average molecular weight is 395 g/mol. The Bertz CT molecular complexity index is 735. The molecule has 0 saturated carbocycles. The number of hydrogen-bond acceptors (Lipinski definition) is 4. The van der Waals surface area contributed by atoms with Gasteiger partial charge in [-0.15, -0.1) is 0 Å². The van der Waals surface area contributed by atoms with Crippen LogP contribution in [0.4, 0.5) is 8.78 Å². The van der Waals surface area contributed by atoms with Crippen LogP contribution in [0, 0.1) is 0 Å². The van der Waals surface area contributed by atoms with E-state index >= 15 is 0 Å². The lowest BCUT2D eigenvalue weighted by molar-refractivity contribution is 0.0734. The summed E-state index contributed by atoms with van der Waals surface area (Å²) in [5, 5.41) is 0. The van der Waals surface area contributed by atoms with Crippen LogP contribution in [0.25, 0.3) is 0 Å². The van der Waals surface area contributed by atoms with Gasteiger partial charge in [0.2, 0.25) is 0 Å². The van der Waals surface area contributed by atoms with E-state index in [-0.39, 0.29) is 5.92 Å². The Balaban J connectivity index is 1.59. The first-order chi connectivity index (χ1) is 12.5. The number of benzene rings is 2. The van der Waals surface area contributed by atoms with Gasteiger partial charge >= 0.3 is 10.6 Å². The van der Waals surface area contributed by atoms with Crippen LogP contribution in [0.1, 0.15) is 40.7 Å². The number of carbonyl (C=O) groups excluding carboxylic acids is 1. The van der Waals surface area contributed by atoms with Crippen molar-refractivity contribution in [2.24, 2.45) is 0 Å². The Labute approximate surface area is 160 Å². The Kier molecular flexibility index (Phi) is 6.24. The molecule has 2 aromatic rings. The molecule has 0 spiro atoms. The molecule has 0 aliphatic carbocycles. The summed E-state index contributed by atoms with van der Waals surface area (Å²) in [7, 11) is 0. The van der Waals surface area contributed by atoms with E-state index in [9.17, 15) is 13.6 Å². The zero-order chi connectivity index (χ0) is 18.6. The lowest BCUT2D eigenvalue weighted by Gasteiger charge is -2.27. The molecule has 0 unspecified atom stereocenters. The van der Waals surface area contributed by atoms with Gasteiger partial charge in [0.25, 0.3) is 0 Å². The second-order valence-corrected chi connectivity index (χ2v) is 8.72. The van der Waals surface area contributed by atoms with Gasteiger partial charge < -0.3 is 4.74 Å². The van der Waals surface area contributed by atoms with Crippen LogP contribution < -0.4 is 4.74 Å². The lowest BCUT2D eigenvalue weighted by Crippen LogP contribution is -2.20. The quantitative estimate of drug-likeness (QED) is 0.461. The number of carbonyl (C=O) groups is 1. The number of thioether (sulfide) groups is 2. The first kappa shape index (κ1) is 19.2. The summed E-state index contributed by atoms with van der Waals surface area (Å²) in [5.41, 5.74) is 2.70. The summed E-state index contributed by atoms with van der Waals surface area (Å²) >= 11 is 1.37. The molecule has 138 valence electrons. The van der Waals surface area contributed by atoms with Crippen molar-refractivity contribution in [3.63, 3.8) is 0 Å². The molecule has 2 aromatic carbocycles. The fourth-order valence-electron chi connectivity index (χ4n) is 2.75. The highest BCUT2D eigenvalue weighted by Crippen LogP contribution is 2.48. The zero-order valence-electron chi connectivity index (χ0n) is 14.4. The van der Waals surface area contributed by atoms with Gasteiger partial charge in [0.05, 0.1) is 5.56 Å². The van der Waals surface area contributed by atoms with Crippen LogP contribution in [0.2, 0.25) is 0 Å². The van der Waals surface area contributed by atoms with Crippen molar-refractivity contribution in [1.29, 1.82) is 0 Å². The Hall–Kier alpha value is -1.53. The van der Waals surface area contributed by atoms with Gasteiger partial charge in [-0.1, -0.05) is 61.1 Å². The molecular weight excluding hydrogens is 374 g/mol. The summed E-state index contributed by atoms with van der Waals surface area (Å²) in [6.07, 6.45) is 2.05. The molecule has 0 atom stereocenters. The summed E-state index contributed by atoms with van der Waals surface area (Å²) in [4.78, 5) is 12.2.